The van der Waals surface area contributed by atoms with E-state index in [1.165, 1.54) is 74.5 Å². The second kappa shape index (κ2) is 10.3. The van der Waals surface area contributed by atoms with Crippen LogP contribution in [0.3, 0.4) is 0 Å². The highest BCUT2D eigenvalue weighted by Gasteiger charge is 2.54. The predicted octanol–water partition coefficient (Wildman–Crippen LogP) is 7.66. The molecule has 2 heterocycles. The summed E-state index contributed by atoms with van der Waals surface area (Å²) >= 11 is 0. The van der Waals surface area contributed by atoms with Crippen molar-refractivity contribution in [2.24, 2.45) is 4.99 Å². The monoisotopic (exact) mass is 459 g/mol. The van der Waals surface area contributed by atoms with Crippen LogP contribution in [0.5, 0.6) is 11.5 Å². The lowest BCUT2D eigenvalue weighted by Crippen LogP contribution is -2.36. The molecule has 5 rings (SSSR count). The highest BCUT2D eigenvalue weighted by Crippen LogP contribution is 2.61. The van der Waals surface area contributed by atoms with Crippen LogP contribution >= 0.6 is 0 Å². The Balaban J connectivity index is 1.12. The van der Waals surface area contributed by atoms with E-state index in [4.69, 9.17) is 9.47 Å². The van der Waals surface area contributed by atoms with E-state index in [1.807, 2.05) is 24.4 Å². The van der Waals surface area contributed by atoms with Gasteiger partial charge in [-0.25, -0.2) is 0 Å². The van der Waals surface area contributed by atoms with Crippen LogP contribution in [0.2, 0.25) is 0 Å². The molecule has 1 atom stereocenters. The third-order valence-corrected chi connectivity index (χ3v) is 7.76. The maximum Gasteiger partial charge on any atom is 0.311 e. The molecule has 0 saturated heterocycles. The van der Waals surface area contributed by atoms with E-state index in [0.29, 0.717) is 12.2 Å². The summed E-state index contributed by atoms with van der Waals surface area (Å²) in [5, 5.41) is 0. The van der Waals surface area contributed by atoms with Gasteiger partial charge in [-0.1, -0.05) is 89.4 Å². The summed E-state index contributed by atoms with van der Waals surface area (Å²) in [6.45, 7) is 2.26. The Hall–Kier alpha value is -2.62. The second-order valence-electron chi connectivity index (χ2n) is 10.1. The molecule has 1 aromatic carbocycles. The van der Waals surface area contributed by atoms with Crippen molar-refractivity contribution in [2.45, 2.75) is 102 Å². The summed E-state index contributed by atoms with van der Waals surface area (Å²) in [6.07, 6.45) is 24.3. The maximum absolute atomic E-state index is 12.6. The Morgan fingerprint density at radius 1 is 1.03 bits per heavy atom. The summed E-state index contributed by atoms with van der Waals surface area (Å²) in [5.41, 5.74) is 4.48. The molecule has 0 saturated carbocycles. The zero-order valence-electron chi connectivity index (χ0n) is 20.5. The van der Waals surface area contributed by atoms with Crippen LogP contribution in [-0.4, -0.2) is 12.2 Å². The van der Waals surface area contributed by atoms with E-state index in [9.17, 15) is 4.79 Å². The third-order valence-electron chi connectivity index (χ3n) is 7.76. The van der Waals surface area contributed by atoms with Gasteiger partial charge in [0.05, 0.1) is 5.41 Å². The van der Waals surface area contributed by atoms with Crippen molar-refractivity contribution in [3.05, 3.63) is 58.5 Å². The van der Waals surface area contributed by atoms with Gasteiger partial charge in [-0.3, -0.25) is 9.79 Å². The van der Waals surface area contributed by atoms with Crippen molar-refractivity contribution in [3.63, 3.8) is 0 Å². The molecule has 0 aromatic heterocycles. The number of unbranched alkanes of at least 4 members (excludes halogenated alkanes) is 10. The number of carbonyl (C=O) groups excluding carboxylic acids is 1. The number of esters is 1. The van der Waals surface area contributed by atoms with Crippen LogP contribution < -0.4 is 9.47 Å². The highest BCUT2D eigenvalue weighted by molar-refractivity contribution is 5.81. The third kappa shape index (κ3) is 4.28. The normalized spacial score (nSPS) is 20.8. The first kappa shape index (κ1) is 23.1. The Kier molecular flexibility index (Phi) is 7.03. The molecule has 34 heavy (non-hydrogen) atoms. The van der Waals surface area contributed by atoms with Crippen molar-refractivity contribution in [3.8, 4) is 11.5 Å². The minimum atomic E-state index is -0.285. The van der Waals surface area contributed by atoms with E-state index in [2.05, 4.69) is 24.1 Å². The number of hydrogen-bond donors (Lipinski definition) is 0. The van der Waals surface area contributed by atoms with Crippen LogP contribution in [0.1, 0.15) is 102 Å². The smallest absolute Gasteiger partial charge is 0.311 e. The molecule has 1 spiro atoms. The van der Waals surface area contributed by atoms with Gasteiger partial charge >= 0.3 is 5.97 Å². The quantitative estimate of drug-likeness (QED) is 0.173. The second-order valence-corrected chi connectivity index (χ2v) is 10.1. The Morgan fingerprint density at radius 3 is 2.53 bits per heavy atom. The SMILES string of the molecule is CCCCCCCCCCCCCC(=O)Oc1ccc2c3c1OC1=CC=CC4=C(C2)N=CCC143. The van der Waals surface area contributed by atoms with Crippen molar-refractivity contribution in [1.29, 1.82) is 0 Å². The number of hydrogen-bond acceptors (Lipinski definition) is 4. The summed E-state index contributed by atoms with van der Waals surface area (Å²) in [7, 11) is 0. The topological polar surface area (TPSA) is 47.9 Å². The molecule has 0 radical (unpaired) electrons. The van der Waals surface area contributed by atoms with Gasteiger partial charge < -0.3 is 9.47 Å². The summed E-state index contributed by atoms with van der Waals surface area (Å²) in [6, 6.07) is 3.99. The molecular weight excluding hydrogens is 422 g/mol. The van der Waals surface area contributed by atoms with E-state index in [0.717, 1.165) is 42.9 Å². The maximum atomic E-state index is 12.6. The fourth-order valence-electron chi connectivity index (χ4n) is 5.99. The fourth-order valence-corrected chi connectivity index (χ4v) is 5.99. The Bertz CT molecular complexity index is 1060. The molecule has 180 valence electrons. The lowest BCUT2D eigenvalue weighted by molar-refractivity contribution is -0.134. The fraction of sp³-hybridized carbons (Fsp3) is 0.533. The zero-order valence-corrected chi connectivity index (χ0v) is 20.5. The first-order valence-corrected chi connectivity index (χ1v) is 13.4. The summed E-state index contributed by atoms with van der Waals surface area (Å²) in [5.74, 6) is 2.06. The average Bonchev–Trinajstić information content (AvgIpc) is 3.17. The van der Waals surface area contributed by atoms with E-state index >= 15 is 0 Å². The first-order valence-electron chi connectivity index (χ1n) is 13.4. The molecule has 0 N–H and O–H groups in total. The van der Waals surface area contributed by atoms with Gasteiger partial charge in [-0.05, 0) is 29.7 Å². The molecule has 2 aliphatic heterocycles. The van der Waals surface area contributed by atoms with Crippen molar-refractivity contribution < 1.29 is 14.3 Å². The van der Waals surface area contributed by atoms with Gasteiger partial charge in [0.15, 0.2) is 11.5 Å². The summed E-state index contributed by atoms with van der Waals surface area (Å²) < 4.78 is 12.2. The molecule has 0 fully saturated rings. The van der Waals surface area contributed by atoms with Gasteiger partial charge in [-0.2, -0.15) is 0 Å². The van der Waals surface area contributed by atoms with Crippen LogP contribution in [0.15, 0.2) is 52.4 Å². The number of ether oxygens (including phenoxy) is 2. The predicted molar refractivity (Wildman–Crippen MR) is 137 cm³/mol. The molecule has 4 nitrogen and oxygen atoms in total. The highest BCUT2D eigenvalue weighted by atomic mass is 16.6. The molecule has 2 aliphatic carbocycles. The lowest BCUT2D eigenvalue weighted by Gasteiger charge is -2.39. The average molecular weight is 460 g/mol. The van der Waals surface area contributed by atoms with E-state index in [1.54, 1.807) is 0 Å². The number of nitrogens with zero attached hydrogens (tertiary/aromatic N) is 1. The van der Waals surface area contributed by atoms with Gasteiger partial charge in [0, 0.05) is 36.7 Å². The van der Waals surface area contributed by atoms with Gasteiger partial charge in [0.1, 0.15) is 5.76 Å². The van der Waals surface area contributed by atoms with Crippen molar-refractivity contribution in [1.82, 2.24) is 0 Å². The molecule has 1 unspecified atom stereocenters. The molecule has 2 bridgehead atoms. The first-order chi connectivity index (χ1) is 16.7. The van der Waals surface area contributed by atoms with Crippen molar-refractivity contribution >= 4 is 12.2 Å². The van der Waals surface area contributed by atoms with Crippen LogP contribution in [0.25, 0.3) is 0 Å². The van der Waals surface area contributed by atoms with E-state index < -0.39 is 0 Å². The van der Waals surface area contributed by atoms with E-state index in [-0.39, 0.29) is 11.4 Å². The minimum Gasteiger partial charge on any atom is -0.456 e. The Morgan fingerprint density at radius 2 is 1.76 bits per heavy atom. The standard InChI is InChI=1S/C30H37NO3/c1-2-3-4-5-6-7-8-9-10-11-12-16-27(32)33-25-18-17-22-21-24-23-14-13-15-26-30(23,19-20-31-24)28(22)29(25)34-26/h13-15,17-18,20H,2-12,16,19,21H2,1H3. The number of aliphatic imine (C=N–C) groups is 1. The number of rotatable bonds is 13. The molecule has 4 heteroatoms. The van der Waals surface area contributed by atoms with Crippen molar-refractivity contribution in [2.75, 3.05) is 0 Å². The number of benzene rings is 1. The van der Waals surface area contributed by atoms with Gasteiger partial charge in [0.25, 0.3) is 0 Å². The molecule has 4 aliphatic rings. The molecular formula is C30H37NO3. The van der Waals surface area contributed by atoms with Crippen LogP contribution in [0, 0.1) is 0 Å². The van der Waals surface area contributed by atoms with Crippen LogP contribution in [-0.2, 0) is 16.6 Å². The molecule has 0 amide bonds. The summed E-state index contributed by atoms with van der Waals surface area (Å²) in [4.78, 5) is 17.3. The number of allylic oxidation sites excluding steroid dienone is 5. The molecule has 1 aromatic rings. The Labute approximate surface area is 203 Å². The minimum absolute atomic E-state index is 0.160. The zero-order chi connectivity index (χ0) is 23.4. The van der Waals surface area contributed by atoms with Gasteiger partial charge in [-0.15, -0.1) is 0 Å². The lowest BCUT2D eigenvalue weighted by atomic mass is 9.63. The van der Waals surface area contributed by atoms with Crippen LogP contribution in [0.4, 0.5) is 0 Å². The largest absolute Gasteiger partial charge is 0.456 e. The number of carbonyl (C=O) groups is 1. The van der Waals surface area contributed by atoms with Gasteiger partial charge in [0.2, 0.25) is 0 Å².